The van der Waals surface area contributed by atoms with Gasteiger partial charge < -0.3 is 31.4 Å². The number of aliphatic hydroxyl groups is 2. The van der Waals surface area contributed by atoms with Gasteiger partial charge in [0, 0.05) is 25.7 Å². The van der Waals surface area contributed by atoms with Crippen molar-refractivity contribution in [1.29, 1.82) is 5.41 Å². The number of anilines is 1. The predicted molar refractivity (Wildman–Crippen MR) is 120 cm³/mol. The zero-order chi connectivity index (χ0) is 24.6. The van der Waals surface area contributed by atoms with Gasteiger partial charge in [0.05, 0.1) is 23.2 Å². The number of hydrogen-bond donors (Lipinski definition) is 5. The van der Waals surface area contributed by atoms with Crippen LogP contribution in [0.5, 0.6) is 5.75 Å². The van der Waals surface area contributed by atoms with E-state index in [0.717, 1.165) is 5.69 Å². The molecule has 1 unspecified atom stereocenters. The van der Waals surface area contributed by atoms with E-state index in [1.165, 1.54) is 11.0 Å². The van der Waals surface area contributed by atoms with E-state index in [-0.39, 0.29) is 17.7 Å². The van der Waals surface area contributed by atoms with Crippen molar-refractivity contribution in [3.8, 4) is 5.75 Å². The molecule has 3 aliphatic rings. The molecule has 1 amide bonds. The van der Waals surface area contributed by atoms with E-state index in [0.29, 0.717) is 12.0 Å². The standard InChI is InChI=1S/C23H28N4O6/c1-26(2)12-5-6-13(28)15-10(12)7-9-8-11-17(27(3)4)19(30)16(22(25)32)21(31)23(11,33)20(24)14(9)18(15)29/h5-6,9,11,14,17,24,28,31,33H,7-8H2,1-4H3,(H2,25,32)/t9-,11-,14?,17-,23-/m0/s1. The quantitative estimate of drug-likeness (QED) is 0.396. The van der Waals surface area contributed by atoms with Gasteiger partial charge >= 0.3 is 0 Å². The van der Waals surface area contributed by atoms with Crippen molar-refractivity contribution in [3.05, 3.63) is 34.6 Å². The van der Waals surface area contributed by atoms with Crippen molar-refractivity contribution in [1.82, 2.24) is 4.90 Å². The van der Waals surface area contributed by atoms with Crippen LogP contribution in [0.2, 0.25) is 0 Å². The molecule has 1 aromatic carbocycles. The molecule has 4 rings (SSSR count). The zero-order valence-electron chi connectivity index (χ0n) is 18.9. The van der Waals surface area contributed by atoms with Gasteiger partial charge in [-0.25, -0.2) is 0 Å². The number of aromatic hydroxyl groups is 1. The molecule has 0 heterocycles. The number of carbonyl (C=O) groups excluding carboxylic acids is 3. The number of phenols is 1. The van der Waals surface area contributed by atoms with Crippen LogP contribution in [-0.2, 0) is 16.0 Å². The molecule has 5 atom stereocenters. The number of likely N-dealkylation sites (N-methyl/N-ethyl adjacent to an activating group) is 1. The largest absolute Gasteiger partial charge is 0.508 e. The lowest BCUT2D eigenvalue weighted by atomic mass is 9.54. The lowest BCUT2D eigenvalue weighted by Gasteiger charge is -2.53. The Morgan fingerprint density at radius 1 is 1.15 bits per heavy atom. The number of amides is 1. The van der Waals surface area contributed by atoms with Gasteiger partial charge in [-0.1, -0.05) is 0 Å². The highest BCUT2D eigenvalue weighted by Crippen LogP contribution is 2.52. The molecule has 0 aliphatic heterocycles. The highest BCUT2D eigenvalue weighted by Gasteiger charge is 2.64. The normalized spacial score (nSPS) is 31.3. The molecular weight excluding hydrogens is 428 g/mol. The second-order valence-corrected chi connectivity index (χ2v) is 9.54. The van der Waals surface area contributed by atoms with Crippen LogP contribution in [0.3, 0.4) is 0 Å². The summed E-state index contributed by atoms with van der Waals surface area (Å²) in [6, 6.07) is 2.11. The third kappa shape index (κ3) is 2.94. The lowest BCUT2D eigenvalue weighted by molar-refractivity contribution is -0.132. The van der Waals surface area contributed by atoms with Gasteiger partial charge in [-0.3, -0.25) is 19.3 Å². The van der Waals surface area contributed by atoms with Crippen molar-refractivity contribution in [3.63, 3.8) is 0 Å². The highest BCUT2D eigenvalue weighted by molar-refractivity contribution is 6.25. The lowest BCUT2D eigenvalue weighted by Crippen LogP contribution is -2.68. The van der Waals surface area contributed by atoms with E-state index in [2.05, 4.69) is 0 Å². The summed E-state index contributed by atoms with van der Waals surface area (Å²) in [5.74, 6) is -6.20. The Balaban J connectivity index is 1.93. The molecule has 0 spiro atoms. The van der Waals surface area contributed by atoms with Crippen LogP contribution in [0.1, 0.15) is 22.3 Å². The number of aliphatic hydroxyl groups excluding tert-OH is 1. The maximum Gasteiger partial charge on any atom is 0.255 e. The van der Waals surface area contributed by atoms with E-state index >= 15 is 0 Å². The number of rotatable bonds is 3. The van der Waals surface area contributed by atoms with Crippen LogP contribution in [0.25, 0.3) is 0 Å². The molecule has 33 heavy (non-hydrogen) atoms. The van der Waals surface area contributed by atoms with Gasteiger partial charge in [-0.05, 0) is 50.6 Å². The number of nitrogens with zero attached hydrogens (tertiary/aromatic N) is 2. The van der Waals surface area contributed by atoms with Gasteiger partial charge in [0.1, 0.15) is 17.1 Å². The summed E-state index contributed by atoms with van der Waals surface area (Å²) in [7, 11) is 6.84. The maximum absolute atomic E-state index is 13.6. The number of Topliss-reactive ketones (excluding diaryl/α,β-unsaturated/α-hetero) is 2. The Morgan fingerprint density at radius 2 is 1.79 bits per heavy atom. The van der Waals surface area contributed by atoms with Crippen molar-refractivity contribution in [2.45, 2.75) is 24.5 Å². The molecule has 6 N–H and O–H groups in total. The first-order chi connectivity index (χ1) is 15.3. The summed E-state index contributed by atoms with van der Waals surface area (Å²) in [6.45, 7) is 0. The number of phenolic OH excluding ortho intramolecular Hbond substituents is 1. The minimum atomic E-state index is -2.41. The molecule has 0 saturated heterocycles. The Hall–Kier alpha value is -3.24. The van der Waals surface area contributed by atoms with E-state index in [1.807, 2.05) is 19.0 Å². The molecule has 1 saturated carbocycles. The molecular formula is C23H28N4O6. The van der Waals surface area contributed by atoms with E-state index in [9.17, 15) is 29.7 Å². The fraction of sp³-hybridized carbons (Fsp3) is 0.478. The fourth-order valence-electron chi connectivity index (χ4n) is 5.93. The van der Waals surface area contributed by atoms with Crippen molar-refractivity contribution >= 4 is 28.9 Å². The van der Waals surface area contributed by atoms with Gasteiger partial charge in [0.15, 0.2) is 17.2 Å². The Bertz CT molecular complexity index is 1140. The van der Waals surface area contributed by atoms with Crippen LogP contribution in [0.15, 0.2) is 23.5 Å². The van der Waals surface area contributed by atoms with Crippen molar-refractivity contribution in [2.24, 2.45) is 23.5 Å². The second kappa shape index (κ2) is 7.39. The smallest absolute Gasteiger partial charge is 0.255 e. The first-order valence-electron chi connectivity index (χ1n) is 10.7. The summed E-state index contributed by atoms with van der Waals surface area (Å²) in [6.07, 6.45) is 0.478. The first kappa shape index (κ1) is 22.9. The number of nitrogens with one attached hydrogen (secondary N) is 1. The van der Waals surface area contributed by atoms with E-state index in [4.69, 9.17) is 11.1 Å². The van der Waals surface area contributed by atoms with Crippen LogP contribution in [0.4, 0.5) is 5.69 Å². The molecule has 10 heteroatoms. The number of primary amides is 1. The van der Waals surface area contributed by atoms with Gasteiger partial charge in [-0.2, -0.15) is 0 Å². The second-order valence-electron chi connectivity index (χ2n) is 9.54. The number of fused-ring (bicyclic) bond motifs is 3. The molecule has 3 aliphatic carbocycles. The molecule has 0 bridgehead atoms. The summed E-state index contributed by atoms with van der Waals surface area (Å²) in [5.41, 5.74) is 3.17. The van der Waals surface area contributed by atoms with Crippen LogP contribution in [-0.4, -0.2) is 83.2 Å². The molecule has 1 fully saturated rings. The number of benzene rings is 1. The number of ketones is 2. The predicted octanol–water partition coefficient (Wildman–Crippen LogP) is 0.0105. The highest BCUT2D eigenvalue weighted by atomic mass is 16.3. The SMILES string of the molecule is CN(C)c1ccc(O)c2c1C[C@H]1C[C@H]3[C@H](N(C)C)C(=O)C(C(N)=O)=C(O)[C@@]3(O)C(=N)C1C2=O. The Morgan fingerprint density at radius 3 is 2.33 bits per heavy atom. The Kier molecular flexibility index (Phi) is 5.14. The van der Waals surface area contributed by atoms with Crippen molar-refractivity contribution in [2.75, 3.05) is 33.1 Å². The van der Waals surface area contributed by atoms with E-state index < -0.39 is 63.9 Å². The van der Waals surface area contributed by atoms with Crippen LogP contribution < -0.4 is 10.6 Å². The summed E-state index contributed by atoms with van der Waals surface area (Å²) >= 11 is 0. The Labute approximate surface area is 190 Å². The topological polar surface area (TPSA) is 168 Å². The number of carbonyl (C=O) groups is 3. The fourth-order valence-corrected chi connectivity index (χ4v) is 5.93. The maximum atomic E-state index is 13.6. The van der Waals surface area contributed by atoms with Gasteiger partial charge in [0.2, 0.25) is 0 Å². The van der Waals surface area contributed by atoms with Crippen molar-refractivity contribution < 1.29 is 29.7 Å². The number of nitrogens with two attached hydrogens (primary N) is 1. The molecule has 0 radical (unpaired) electrons. The third-order valence-corrected chi connectivity index (χ3v) is 7.33. The minimum absolute atomic E-state index is 0.0869. The van der Waals surface area contributed by atoms with Gasteiger partial charge in [0.25, 0.3) is 5.91 Å². The molecule has 176 valence electrons. The first-order valence-corrected chi connectivity index (χ1v) is 10.7. The summed E-state index contributed by atoms with van der Waals surface area (Å²) in [4.78, 5) is 42.0. The third-order valence-electron chi connectivity index (χ3n) is 7.33. The zero-order valence-corrected chi connectivity index (χ0v) is 18.9. The molecule has 10 nitrogen and oxygen atoms in total. The number of hydrogen-bond acceptors (Lipinski definition) is 9. The van der Waals surface area contributed by atoms with E-state index in [1.54, 1.807) is 20.2 Å². The van der Waals surface area contributed by atoms with Crippen LogP contribution >= 0.6 is 0 Å². The average molecular weight is 456 g/mol. The average Bonchev–Trinajstić information content (AvgIpc) is 2.70. The van der Waals surface area contributed by atoms with Crippen LogP contribution in [0, 0.1) is 23.2 Å². The molecule has 0 aromatic heterocycles. The summed E-state index contributed by atoms with van der Waals surface area (Å²) < 4.78 is 0. The monoisotopic (exact) mass is 456 g/mol. The summed E-state index contributed by atoms with van der Waals surface area (Å²) in [5, 5.41) is 41.8. The van der Waals surface area contributed by atoms with Gasteiger partial charge in [-0.15, -0.1) is 0 Å². The molecule has 1 aromatic rings. The minimum Gasteiger partial charge on any atom is -0.508 e.